The van der Waals surface area contributed by atoms with Crippen LogP contribution < -0.4 is 0 Å². The number of hydrogen-bond donors (Lipinski definition) is 0. The molecule has 0 saturated heterocycles. The monoisotopic (exact) mass is 263 g/mol. The van der Waals surface area contributed by atoms with E-state index in [1.807, 2.05) is 0 Å². The lowest BCUT2D eigenvalue weighted by Gasteiger charge is -2.12. The Labute approximate surface area is 121 Å². The van der Waals surface area contributed by atoms with Gasteiger partial charge in [0, 0.05) is 25.4 Å². The molecule has 1 unspecified atom stereocenters. The van der Waals surface area contributed by atoms with Crippen molar-refractivity contribution < 1.29 is 0 Å². The van der Waals surface area contributed by atoms with Crippen LogP contribution in [0, 0.1) is 0 Å². The topological polar surface area (TPSA) is 3.01 Å². The Morgan fingerprint density at radius 2 is 1.50 bits per heavy atom. The fourth-order valence-corrected chi connectivity index (χ4v) is 2.62. The third kappa shape index (κ3) is 3.11. The smallest absolute Gasteiger partial charge is 0.0380 e. The van der Waals surface area contributed by atoms with Crippen molar-refractivity contribution in [2.45, 2.75) is 25.7 Å². The van der Waals surface area contributed by atoms with Crippen LogP contribution in [0.2, 0.25) is 0 Å². The van der Waals surface area contributed by atoms with Crippen LogP contribution in [-0.4, -0.2) is 11.9 Å². The van der Waals surface area contributed by atoms with Gasteiger partial charge in [-0.05, 0) is 29.0 Å². The van der Waals surface area contributed by atoms with Crippen molar-refractivity contribution in [1.82, 2.24) is 4.90 Å². The van der Waals surface area contributed by atoms with Crippen LogP contribution in [0.4, 0.5) is 0 Å². The second-order valence-corrected chi connectivity index (χ2v) is 5.74. The Balaban J connectivity index is 1.61. The van der Waals surface area contributed by atoms with Gasteiger partial charge in [-0.1, -0.05) is 61.5 Å². The number of nitrogens with zero attached hydrogens (tertiary/aromatic N) is 1. The van der Waals surface area contributed by atoms with Crippen molar-refractivity contribution in [2.24, 2.45) is 0 Å². The zero-order valence-electron chi connectivity index (χ0n) is 12.2. The third-order valence-corrected chi connectivity index (χ3v) is 4.05. The van der Waals surface area contributed by atoms with Crippen molar-refractivity contribution in [3.05, 3.63) is 83.2 Å². The minimum Gasteiger partial charge on any atom is -0.351 e. The Morgan fingerprint density at radius 3 is 2.10 bits per heavy atom. The van der Waals surface area contributed by atoms with E-state index in [4.69, 9.17) is 0 Å². The van der Waals surface area contributed by atoms with E-state index in [1.165, 1.54) is 22.4 Å². The van der Waals surface area contributed by atoms with E-state index in [0.29, 0.717) is 5.92 Å². The van der Waals surface area contributed by atoms with Crippen LogP contribution in [0.15, 0.2) is 66.5 Å². The molecule has 0 radical (unpaired) electrons. The first kappa shape index (κ1) is 13.0. The molecule has 1 aliphatic heterocycles. The number of benzene rings is 2. The van der Waals surface area contributed by atoms with E-state index in [9.17, 15) is 0 Å². The van der Waals surface area contributed by atoms with Crippen LogP contribution in [0.5, 0.6) is 0 Å². The predicted molar refractivity (Wildman–Crippen MR) is 84.6 cm³/mol. The SMILES string of the molecule is CC(Cc1ccc(CC2=CN2C)cc1)c1ccccc1. The molecule has 1 heterocycles. The van der Waals surface area contributed by atoms with Crippen molar-refractivity contribution in [3.63, 3.8) is 0 Å². The summed E-state index contributed by atoms with van der Waals surface area (Å²) in [5.41, 5.74) is 5.66. The molecule has 2 aromatic carbocycles. The second-order valence-electron chi connectivity index (χ2n) is 5.74. The van der Waals surface area contributed by atoms with E-state index in [-0.39, 0.29) is 0 Å². The standard InChI is InChI=1S/C19H21N/c1-15(18-6-4-3-5-7-18)12-16-8-10-17(11-9-16)13-19-14-20(19)2/h3-11,14-15H,12-13H2,1-2H3. The maximum atomic E-state index is 2.30. The lowest BCUT2D eigenvalue weighted by Crippen LogP contribution is -1.98. The second kappa shape index (κ2) is 5.54. The van der Waals surface area contributed by atoms with Gasteiger partial charge in [0.05, 0.1) is 0 Å². The number of allylic oxidation sites excluding steroid dienone is 1. The Hall–Kier alpha value is -2.02. The first-order valence-corrected chi connectivity index (χ1v) is 7.28. The van der Waals surface area contributed by atoms with Crippen LogP contribution in [0.3, 0.4) is 0 Å². The number of rotatable bonds is 5. The highest BCUT2D eigenvalue weighted by molar-refractivity contribution is 5.31. The van der Waals surface area contributed by atoms with Gasteiger partial charge in [-0.25, -0.2) is 0 Å². The summed E-state index contributed by atoms with van der Waals surface area (Å²) in [6.45, 7) is 2.30. The van der Waals surface area contributed by atoms with Gasteiger partial charge < -0.3 is 4.90 Å². The molecular weight excluding hydrogens is 242 g/mol. The predicted octanol–water partition coefficient (Wildman–Crippen LogP) is 4.36. The fourth-order valence-electron chi connectivity index (χ4n) is 2.62. The third-order valence-electron chi connectivity index (χ3n) is 4.05. The summed E-state index contributed by atoms with van der Waals surface area (Å²) >= 11 is 0. The molecule has 1 atom stereocenters. The van der Waals surface area contributed by atoms with Crippen molar-refractivity contribution >= 4 is 0 Å². The molecule has 1 aliphatic rings. The molecule has 0 amide bonds. The lowest BCUT2D eigenvalue weighted by molar-refractivity contribution is 0.700. The molecular formula is C19H21N. The summed E-state index contributed by atoms with van der Waals surface area (Å²) in [6, 6.07) is 19.8. The first-order valence-electron chi connectivity index (χ1n) is 7.28. The van der Waals surface area contributed by atoms with Crippen LogP contribution in [0.25, 0.3) is 0 Å². The van der Waals surface area contributed by atoms with E-state index in [0.717, 1.165) is 12.8 Å². The largest absolute Gasteiger partial charge is 0.351 e. The Kier molecular flexibility index (Phi) is 3.60. The van der Waals surface area contributed by atoms with Crippen molar-refractivity contribution in [1.29, 1.82) is 0 Å². The molecule has 0 saturated carbocycles. The van der Waals surface area contributed by atoms with Crippen molar-refractivity contribution in [3.8, 4) is 0 Å². The maximum absolute atomic E-state index is 2.30. The molecule has 0 aliphatic carbocycles. The molecule has 0 aromatic heterocycles. The molecule has 0 spiro atoms. The molecule has 1 heteroatoms. The molecule has 3 rings (SSSR count). The van der Waals surface area contributed by atoms with Gasteiger partial charge >= 0.3 is 0 Å². The first-order chi connectivity index (χ1) is 9.72. The Bertz CT molecular complexity index is 595. The van der Waals surface area contributed by atoms with Gasteiger partial charge in [0.2, 0.25) is 0 Å². The van der Waals surface area contributed by atoms with Gasteiger partial charge in [0.25, 0.3) is 0 Å². The van der Waals surface area contributed by atoms with Gasteiger partial charge in [-0.2, -0.15) is 0 Å². The summed E-state index contributed by atoms with van der Waals surface area (Å²) in [4.78, 5) is 2.19. The summed E-state index contributed by atoms with van der Waals surface area (Å²) in [7, 11) is 2.10. The highest BCUT2D eigenvalue weighted by atomic mass is 15.2. The average Bonchev–Trinajstić information content (AvgIpc) is 3.17. The van der Waals surface area contributed by atoms with Gasteiger partial charge in [-0.3, -0.25) is 0 Å². The van der Waals surface area contributed by atoms with Crippen LogP contribution in [-0.2, 0) is 12.8 Å². The maximum Gasteiger partial charge on any atom is 0.0380 e. The van der Waals surface area contributed by atoms with E-state index in [2.05, 4.69) is 79.7 Å². The molecule has 20 heavy (non-hydrogen) atoms. The molecule has 0 bridgehead atoms. The van der Waals surface area contributed by atoms with E-state index in [1.54, 1.807) is 0 Å². The molecule has 102 valence electrons. The lowest BCUT2D eigenvalue weighted by atomic mass is 9.93. The minimum atomic E-state index is 0.569. The summed E-state index contributed by atoms with van der Waals surface area (Å²) < 4.78 is 0. The zero-order chi connectivity index (χ0) is 13.9. The molecule has 2 aromatic rings. The van der Waals surface area contributed by atoms with Gasteiger partial charge in [-0.15, -0.1) is 0 Å². The number of likely N-dealkylation sites (N-methyl/N-ethyl adjacent to an activating group) is 1. The molecule has 0 fully saturated rings. The van der Waals surface area contributed by atoms with Crippen LogP contribution in [0.1, 0.15) is 29.5 Å². The van der Waals surface area contributed by atoms with Crippen molar-refractivity contribution in [2.75, 3.05) is 7.05 Å². The summed E-state index contributed by atoms with van der Waals surface area (Å²) in [6.07, 6.45) is 4.35. The van der Waals surface area contributed by atoms with Crippen LogP contribution >= 0.6 is 0 Å². The van der Waals surface area contributed by atoms with E-state index < -0.39 is 0 Å². The molecule has 0 N–H and O–H groups in total. The van der Waals surface area contributed by atoms with Gasteiger partial charge in [0.15, 0.2) is 0 Å². The minimum absolute atomic E-state index is 0.569. The average molecular weight is 263 g/mol. The molecule has 1 nitrogen and oxygen atoms in total. The summed E-state index contributed by atoms with van der Waals surface area (Å²) in [5.74, 6) is 0.569. The highest BCUT2D eigenvalue weighted by Crippen LogP contribution is 2.24. The van der Waals surface area contributed by atoms with E-state index >= 15 is 0 Å². The van der Waals surface area contributed by atoms with Gasteiger partial charge in [0.1, 0.15) is 0 Å². The summed E-state index contributed by atoms with van der Waals surface area (Å²) in [5, 5.41) is 0. The quantitative estimate of drug-likeness (QED) is 0.774. The zero-order valence-corrected chi connectivity index (χ0v) is 12.2. The normalized spacial score (nSPS) is 14.9. The Morgan fingerprint density at radius 1 is 0.900 bits per heavy atom. The highest BCUT2D eigenvalue weighted by Gasteiger charge is 2.15. The fraction of sp³-hybridized carbons (Fsp3) is 0.263. The number of hydrogen-bond acceptors (Lipinski definition) is 1.